The smallest absolute Gasteiger partial charge is 0.260 e. The van der Waals surface area contributed by atoms with Crippen molar-refractivity contribution in [3.05, 3.63) is 60.0 Å². The first-order valence-electron chi connectivity index (χ1n) is 10.5. The first-order chi connectivity index (χ1) is 16.0. The Labute approximate surface area is 190 Å². The van der Waals surface area contributed by atoms with Crippen molar-refractivity contribution in [2.75, 3.05) is 39.9 Å². The molecular formula is C23H25N5O5. The summed E-state index contributed by atoms with van der Waals surface area (Å²) in [6.07, 6.45) is 0. The third-order valence-electron chi connectivity index (χ3n) is 5.40. The van der Waals surface area contributed by atoms with Crippen LogP contribution in [-0.4, -0.2) is 71.7 Å². The molecule has 1 aromatic heterocycles. The Morgan fingerprint density at radius 2 is 1.67 bits per heavy atom. The molecule has 1 aliphatic rings. The van der Waals surface area contributed by atoms with Crippen molar-refractivity contribution in [3.8, 4) is 22.9 Å². The van der Waals surface area contributed by atoms with Crippen LogP contribution in [-0.2, 0) is 11.3 Å². The molecule has 2 aromatic carbocycles. The lowest BCUT2D eigenvalue weighted by atomic mass is 10.2. The van der Waals surface area contributed by atoms with Gasteiger partial charge in [-0.15, -0.1) is 0 Å². The summed E-state index contributed by atoms with van der Waals surface area (Å²) in [4.78, 5) is 32.0. The number of nitrogens with zero attached hydrogens (tertiary/aromatic N) is 4. The number of amides is 2. The van der Waals surface area contributed by atoms with E-state index in [1.807, 2.05) is 24.3 Å². The molecule has 10 heteroatoms. The highest BCUT2D eigenvalue weighted by Gasteiger charge is 2.23. The van der Waals surface area contributed by atoms with E-state index < -0.39 is 5.91 Å². The zero-order valence-electron chi connectivity index (χ0n) is 18.3. The topological polar surface area (TPSA) is 124 Å². The van der Waals surface area contributed by atoms with Crippen molar-refractivity contribution in [1.29, 1.82) is 0 Å². The van der Waals surface area contributed by atoms with Crippen molar-refractivity contribution < 1.29 is 23.6 Å². The van der Waals surface area contributed by atoms with E-state index in [0.717, 1.165) is 11.3 Å². The van der Waals surface area contributed by atoms with Gasteiger partial charge in [0.15, 0.2) is 6.61 Å². The van der Waals surface area contributed by atoms with E-state index >= 15 is 0 Å². The average molecular weight is 451 g/mol. The van der Waals surface area contributed by atoms with Gasteiger partial charge in [0.25, 0.3) is 5.91 Å². The summed E-state index contributed by atoms with van der Waals surface area (Å²) in [6, 6.07) is 13.8. The van der Waals surface area contributed by atoms with Crippen LogP contribution < -0.4 is 15.2 Å². The second-order valence-electron chi connectivity index (χ2n) is 7.57. The molecule has 2 amide bonds. The minimum absolute atomic E-state index is 0.0647. The maximum Gasteiger partial charge on any atom is 0.260 e. The fourth-order valence-electron chi connectivity index (χ4n) is 3.47. The molecule has 3 aromatic rings. The molecule has 33 heavy (non-hydrogen) atoms. The largest absolute Gasteiger partial charge is 0.497 e. The highest BCUT2D eigenvalue weighted by molar-refractivity contribution is 5.92. The maximum atomic E-state index is 12.5. The monoisotopic (exact) mass is 451 g/mol. The molecule has 172 valence electrons. The van der Waals surface area contributed by atoms with Gasteiger partial charge in [0, 0.05) is 37.3 Å². The summed E-state index contributed by atoms with van der Waals surface area (Å²) in [5, 5.41) is 4.06. The predicted molar refractivity (Wildman–Crippen MR) is 119 cm³/mol. The van der Waals surface area contributed by atoms with Crippen LogP contribution >= 0.6 is 0 Å². The zero-order valence-corrected chi connectivity index (χ0v) is 18.3. The molecule has 0 radical (unpaired) electrons. The van der Waals surface area contributed by atoms with E-state index in [2.05, 4.69) is 15.0 Å². The van der Waals surface area contributed by atoms with Gasteiger partial charge in [0.2, 0.25) is 17.6 Å². The Kier molecular flexibility index (Phi) is 6.84. The molecule has 0 saturated carbocycles. The Bertz CT molecular complexity index is 1090. The summed E-state index contributed by atoms with van der Waals surface area (Å²) < 4.78 is 16.1. The molecule has 0 unspecified atom stereocenters. The summed E-state index contributed by atoms with van der Waals surface area (Å²) >= 11 is 0. The number of nitrogens with two attached hydrogens (primary N) is 1. The standard InChI is InChI=1S/C23H25N5O5/c1-31-18-6-4-17(5-7-18)23-25-20(33-26-23)14-27-10-12-28(13-11-27)21(29)15-32-19-8-2-16(3-9-19)22(24)30/h2-9H,10-15H2,1H3,(H2,24,30). The normalized spacial score (nSPS) is 14.2. The van der Waals surface area contributed by atoms with E-state index in [0.29, 0.717) is 55.8 Å². The SMILES string of the molecule is COc1ccc(-c2noc(CN3CCN(C(=O)COc4ccc(C(N)=O)cc4)CC3)n2)cc1. The number of rotatable bonds is 8. The molecule has 1 saturated heterocycles. The number of aromatic nitrogens is 2. The number of primary amides is 1. The molecule has 0 spiro atoms. The number of benzene rings is 2. The van der Waals surface area contributed by atoms with E-state index in [9.17, 15) is 9.59 Å². The fourth-order valence-corrected chi connectivity index (χ4v) is 3.47. The molecule has 1 aliphatic heterocycles. The summed E-state index contributed by atoms with van der Waals surface area (Å²) in [6.45, 7) is 3.02. The average Bonchev–Trinajstić information content (AvgIpc) is 3.31. The molecular weight excluding hydrogens is 426 g/mol. The van der Waals surface area contributed by atoms with Crippen LogP contribution in [0.4, 0.5) is 0 Å². The van der Waals surface area contributed by atoms with Crippen molar-refractivity contribution in [1.82, 2.24) is 19.9 Å². The number of hydrogen-bond donors (Lipinski definition) is 1. The summed E-state index contributed by atoms with van der Waals surface area (Å²) in [7, 11) is 1.62. The van der Waals surface area contributed by atoms with Crippen LogP contribution in [0.1, 0.15) is 16.2 Å². The van der Waals surface area contributed by atoms with Gasteiger partial charge in [-0.2, -0.15) is 4.98 Å². The van der Waals surface area contributed by atoms with Crippen LogP contribution in [0.2, 0.25) is 0 Å². The highest BCUT2D eigenvalue weighted by Crippen LogP contribution is 2.20. The number of carbonyl (C=O) groups is 2. The lowest BCUT2D eigenvalue weighted by Gasteiger charge is -2.33. The Hall–Kier alpha value is -3.92. The number of piperazine rings is 1. The molecule has 0 aliphatic carbocycles. The molecule has 4 rings (SSSR count). The van der Waals surface area contributed by atoms with Crippen molar-refractivity contribution in [3.63, 3.8) is 0 Å². The fraction of sp³-hybridized carbons (Fsp3) is 0.304. The van der Waals surface area contributed by atoms with E-state index in [4.69, 9.17) is 19.7 Å². The lowest BCUT2D eigenvalue weighted by molar-refractivity contribution is -0.135. The molecule has 2 N–H and O–H groups in total. The molecule has 1 fully saturated rings. The number of hydrogen-bond acceptors (Lipinski definition) is 8. The maximum absolute atomic E-state index is 12.5. The van der Waals surface area contributed by atoms with Gasteiger partial charge in [-0.1, -0.05) is 5.16 Å². The molecule has 10 nitrogen and oxygen atoms in total. The number of ether oxygens (including phenoxy) is 2. The quantitative estimate of drug-likeness (QED) is 0.547. The molecule has 0 bridgehead atoms. The van der Waals surface area contributed by atoms with Gasteiger partial charge in [-0.25, -0.2) is 0 Å². The van der Waals surface area contributed by atoms with Crippen LogP contribution in [0.5, 0.6) is 11.5 Å². The van der Waals surface area contributed by atoms with Crippen LogP contribution in [0, 0.1) is 0 Å². The van der Waals surface area contributed by atoms with E-state index in [1.54, 1.807) is 36.3 Å². The van der Waals surface area contributed by atoms with Gasteiger partial charge < -0.3 is 24.6 Å². The zero-order chi connectivity index (χ0) is 23.2. The molecule has 0 atom stereocenters. The Morgan fingerprint density at radius 1 is 1.00 bits per heavy atom. The van der Waals surface area contributed by atoms with Gasteiger partial charge in [0.05, 0.1) is 13.7 Å². The summed E-state index contributed by atoms with van der Waals surface area (Å²) in [5.74, 6) is 1.74. The second-order valence-corrected chi connectivity index (χ2v) is 7.57. The highest BCUT2D eigenvalue weighted by atomic mass is 16.5. The lowest BCUT2D eigenvalue weighted by Crippen LogP contribution is -2.49. The predicted octanol–water partition coefficient (Wildman–Crippen LogP) is 1.57. The minimum atomic E-state index is -0.506. The van der Waals surface area contributed by atoms with Crippen LogP contribution in [0.25, 0.3) is 11.4 Å². The third-order valence-corrected chi connectivity index (χ3v) is 5.40. The number of methoxy groups -OCH3 is 1. The summed E-state index contributed by atoms with van der Waals surface area (Å²) in [5.41, 5.74) is 6.46. The van der Waals surface area contributed by atoms with Crippen molar-refractivity contribution in [2.24, 2.45) is 5.73 Å². The second kappa shape index (κ2) is 10.1. The van der Waals surface area contributed by atoms with Crippen molar-refractivity contribution >= 4 is 11.8 Å². The minimum Gasteiger partial charge on any atom is -0.497 e. The molecule has 2 heterocycles. The van der Waals surface area contributed by atoms with Crippen LogP contribution in [0.3, 0.4) is 0 Å². The first kappa shape index (κ1) is 22.3. The van der Waals surface area contributed by atoms with Gasteiger partial charge in [-0.3, -0.25) is 14.5 Å². The van der Waals surface area contributed by atoms with Gasteiger partial charge in [0.1, 0.15) is 11.5 Å². The van der Waals surface area contributed by atoms with E-state index in [1.165, 1.54) is 0 Å². The van der Waals surface area contributed by atoms with Gasteiger partial charge >= 0.3 is 0 Å². The Morgan fingerprint density at radius 3 is 2.30 bits per heavy atom. The number of carbonyl (C=O) groups excluding carboxylic acids is 2. The van der Waals surface area contributed by atoms with Crippen LogP contribution in [0.15, 0.2) is 53.1 Å². The van der Waals surface area contributed by atoms with E-state index in [-0.39, 0.29) is 12.5 Å². The van der Waals surface area contributed by atoms with Crippen molar-refractivity contribution in [2.45, 2.75) is 6.54 Å². The van der Waals surface area contributed by atoms with Gasteiger partial charge in [-0.05, 0) is 48.5 Å². The third kappa shape index (κ3) is 5.66. The Balaban J connectivity index is 1.23. The first-order valence-corrected chi connectivity index (χ1v) is 10.5.